The first-order valence-electron chi connectivity index (χ1n) is 9.36. The third-order valence-corrected chi connectivity index (χ3v) is 6.44. The maximum atomic E-state index is 13.0. The Morgan fingerprint density at radius 3 is 2.13 bits per heavy atom. The van der Waals surface area contributed by atoms with Crippen LogP contribution in [0.2, 0.25) is 0 Å². The Balaban J connectivity index is 1.73. The summed E-state index contributed by atoms with van der Waals surface area (Å²) in [5, 5.41) is 10.5. The maximum Gasteiger partial charge on any atom is 0.240 e. The summed E-state index contributed by atoms with van der Waals surface area (Å²) in [7, 11) is -3.62. The van der Waals surface area contributed by atoms with E-state index >= 15 is 0 Å². The number of carbonyl (C=O) groups is 2. The lowest BCUT2D eigenvalue weighted by molar-refractivity contribution is 0.0977. The quantitative estimate of drug-likeness (QED) is 0.322. The van der Waals surface area contributed by atoms with E-state index in [1.807, 2.05) is 0 Å². The molecule has 3 aromatic rings. The van der Waals surface area contributed by atoms with Crippen LogP contribution in [0.3, 0.4) is 0 Å². The van der Waals surface area contributed by atoms with Gasteiger partial charge >= 0.3 is 0 Å². The molecular formula is C22H18N2O6S. The molecule has 0 amide bonds. The van der Waals surface area contributed by atoms with Crippen molar-refractivity contribution >= 4 is 27.3 Å². The van der Waals surface area contributed by atoms with Gasteiger partial charge in [0.15, 0.2) is 17.3 Å². The van der Waals surface area contributed by atoms with Gasteiger partial charge in [0.05, 0.1) is 21.7 Å². The number of ketones is 2. The van der Waals surface area contributed by atoms with Crippen LogP contribution in [-0.2, 0) is 10.0 Å². The van der Waals surface area contributed by atoms with E-state index in [2.05, 4.69) is 4.72 Å². The van der Waals surface area contributed by atoms with Crippen molar-refractivity contribution < 1.29 is 27.9 Å². The molecule has 1 aliphatic rings. The fourth-order valence-electron chi connectivity index (χ4n) is 3.45. The molecule has 0 aromatic heterocycles. The lowest BCUT2D eigenvalue weighted by Crippen LogP contribution is -2.23. The van der Waals surface area contributed by atoms with Gasteiger partial charge in [-0.05, 0) is 24.3 Å². The third kappa shape index (κ3) is 3.43. The number of rotatable bonds is 5. The highest BCUT2D eigenvalue weighted by Gasteiger charge is 2.35. The van der Waals surface area contributed by atoms with E-state index in [0.29, 0.717) is 0 Å². The predicted octanol–water partition coefficient (Wildman–Crippen LogP) is 2.84. The average Bonchev–Trinajstić information content (AvgIpc) is 2.74. The van der Waals surface area contributed by atoms with Crippen molar-refractivity contribution in [1.82, 2.24) is 4.72 Å². The number of benzene rings is 3. The molecule has 0 bridgehead atoms. The Morgan fingerprint density at radius 1 is 0.968 bits per heavy atom. The van der Waals surface area contributed by atoms with Crippen LogP contribution in [0.15, 0.2) is 59.5 Å². The van der Waals surface area contributed by atoms with Gasteiger partial charge in [0, 0.05) is 23.7 Å². The highest BCUT2D eigenvalue weighted by Crippen LogP contribution is 2.42. The number of anilines is 1. The maximum absolute atomic E-state index is 13.0. The molecule has 8 nitrogen and oxygen atoms in total. The van der Waals surface area contributed by atoms with E-state index in [0.717, 1.165) is 6.07 Å². The first-order valence-corrected chi connectivity index (χ1v) is 10.8. The lowest BCUT2D eigenvalue weighted by atomic mass is 9.82. The zero-order valence-corrected chi connectivity index (χ0v) is 17.2. The molecule has 0 saturated heterocycles. The molecule has 0 fully saturated rings. The second-order valence-corrected chi connectivity index (χ2v) is 8.60. The van der Waals surface area contributed by atoms with E-state index in [-0.39, 0.29) is 50.9 Å². The van der Waals surface area contributed by atoms with Crippen molar-refractivity contribution in [2.75, 3.05) is 12.3 Å². The van der Waals surface area contributed by atoms with E-state index in [1.165, 1.54) is 36.4 Å². The second-order valence-electron chi connectivity index (χ2n) is 6.84. The molecule has 9 heteroatoms. The normalized spacial score (nSPS) is 12.9. The molecule has 1 aliphatic carbocycles. The topological polar surface area (TPSA) is 136 Å². The summed E-state index contributed by atoms with van der Waals surface area (Å²) in [5.41, 5.74) is 6.17. The molecular weight excluding hydrogens is 420 g/mol. The Labute approximate surface area is 178 Å². The van der Waals surface area contributed by atoms with Crippen molar-refractivity contribution in [3.63, 3.8) is 0 Å². The van der Waals surface area contributed by atoms with Crippen LogP contribution in [0.1, 0.15) is 38.8 Å². The number of phenols is 1. The largest absolute Gasteiger partial charge is 0.507 e. The van der Waals surface area contributed by atoms with Crippen LogP contribution >= 0.6 is 0 Å². The minimum absolute atomic E-state index is 0.0286. The molecule has 3 aromatic carbocycles. The molecule has 0 radical (unpaired) electrons. The fraction of sp³-hybridized carbons (Fsp3) is 0.0909. The molecule has 0 heterocycles. The summed E-state index contributed by atoms with van der Waals surface area (Å²) < 4.78 is 32.2. The summed E-state index contributed by atoms with van der Waals surface area (Å²) in [5.74, 6) is -1.22. The van der Waals surface area contributed by atoms with Gasteiger partial charge in [-0.3, -0.25) is 9.59 Å². The summed E-state index contributed by atoms with van der Waals surface area (Å²) in [6.45, 7) is 1.92. The van der Waals surface area contributed by atoms with Crippen molar-refractivity contribution in [1.29, 1.82) is 0 Å². The van der Waals surface area contributed by atoms with E-state index in [9.17, 15) is 23.1 Å². The van der Waals surface area contributed by atoms with Gasteiger partial charge < -0.3 is 15.6 Å². The van der Waals surface area contributed by atoms with Gasteiger partial charge in [-0.25, -0.2) is 13.1 Å². The zero-order valence-electron chi connectivity index (χ0n) is 16.4. The molecule has 0 aliphatic heterocycles. The van der Waals surface area contributed by atoms with E-state index in [1.54, 1.807) is 19.1 Å². The first kappa shape index (κ1) is 20.6. The number of nitrogens with two attached hydrogens (primary N) is 1. The van der Waals surface area contributed by atoms with Crippen molar-refractivity contribution in [3.8, 4) is 17.2 Å². The Morgan fingerprint density at radius 2 is 1.55 bits per heavy atom. The number of nitrogens with one attached hydrogen (secondary N) is 1. The Hall–Kier alpha value is -3.69. The van der Waals surface area contributed by atoms with Crippen LogP contribution in [0.4, 0.5) is 5.69 Å². The SMILES string of the molecule is CCNS(=O)(=O)c1ccc(Oc2cc(O)c3c(c2N)C(=O)c2ccccc2C3=O)cc1. The molecule has 0 unspecified atom stereocenters. The highest BCUT2D eigenvalue weighted by atomic mass is 32.2. The number of aromatic hydroxyl groups is 1. The number of nitrogen functional groups attached to an aromatic ring is 1. The number of hydrogen-bond donors (Lipinski definition) is 3. The Bertz CT molecular complexity index is 1330. The minimum atomic E-state index is -3.62. The molecule has 0 atom stereocenters. The van der Waals surface area contributed by atoms with E-state index in [4.69, 9.17) is 10.5 Å². The van der Waals surface area contributed by atoms with Crippen molar-refractivity contribution in [3.05, 3.63) is 76.9 Å². The summed E-state index contributed by atoms with van der Waals surface area (Å²) in [6, 6.07) is 13.0. The Kier molecular flexibility index (Phi) is 5.00. The van der Waals surface area contributed by atoms with Crippen LogP contribution in [0, 0.1) is 0 Å². The lowest BCUT2D eigenvalue weighted by Gasteiger charge is -2.21. The monoisotopic (exact) mass is 438 g/mol. The number of ether oxygens (including phenoxy) is 1. The fourth-order valence-corrected chi connectivity index (χ4v) is 4.49. The van der Waals surface area contributed by atoms with Gasteiger partial charge in [0.1, 0.15) is 11.5 Å². The van der Waals surface area contributed by atoms with Crippen molar-refractivity contribution in [2.45, 2.75) is 11.8 Å². The average molecular weight is 438 g/mol. The van der Waals surface area contributed by atoms with Crippen LogP contribution in [0.5, 0.6) is 17.2 Å². The van der Waals surface area contributed by atoms with Gasteiger partial charge in [-0.15, -0.1) is 0 Å². The van der Waals surface area contributed by atoms with Gasteiger partial charge in [-0.2, -0.15) is 0 Å². The van der Waals surface area contributed by atoms with Crippen LogP contribution < -0.4 is 15.2 Å². The smallest absolute Gasteiger partial charge is 0.240 e. The zero-order chi connectivity index (χ0) is 22.3. The number of carbonyl (C=O) groups excluding carboxylic acids is 2. The van der Waals surface area contributed by atoms with E-state index < -0.39 is 27.3 Å². The van der Waals surface area contributed by atoms with Crippen molar-refractivity contribution in [2.24, 2.45) is 0 Å². The molecule has 0 spiro atoms. The minimum Gasteiger partial charge on any atom is -0.507 e. The standard InChI is InChI=1S/C22H18N2O6S/c1-2-24-31(28,29)13-9-7-12(8-10-13)30-17-11-16(25)18-19(20(17)23)22(27)15-6-4-3-5-14(15)21(18)26/h3-11,24-25H,2,23H2,1H3. The molecule has 31 heavy (non-hydrogen) atoms. The number of phenolic OH excluding ortho intramolecular Hbond substituents is 1. The highest BCUT2D eigenvalue weighted by molar-refractivity contribution is 7.89. The molecule has 4 N–H and O–H groups in total. The summed E-state index contributed by atoms with van der Waals surface area (Å²) >= 11 is 0. The molecule has 4 rings (SSSR count). The second kappa shape index (κ2) is 7.53. The van der Waals surface area contributed by atoms with Gasteiger partial charge in [0.2, 0.25) is 10.0 Å². The first-order chi connectivity index (χ1) is 14.7. The number of fused-ring (bicyclic) bond motifs is 2. The predicted molar refractivity (Wildman–Crippen MR) is 113 cm³/mol. The van der Waals surface area contributed by atoms with Crippen LogP contribution in [-0.4, -0.2) is 31.6 Å². The van der Waals surface area contributed by atoms with Crippen LogP contribution in [0.25, 0.3) is 0 Å². The van der Waals surface area contributed by atoms with Gasteiger partial charge in [0.25, 0.3) is 0 Å². The number of sulfonamides is 1. The summed E-state index contributed by atoms with van der Waals surface area (Å²) in [6.07, 6.45) is 0. The third-order valence-electron chi connectivity index (χ3n) is 4.88. The molecule has 158 valence electrons. The summed E-state index contributed by atoms with van der Waals surface area (Å²) in [4.78, 5) is 25.8. The number of hydrogen-bond acceptors (Lipinski definition) is 7. The molecule has 0 saturated carbocycles. The van der Waals surface area contributed by atoms with Gasteiger partial charge in [-0.1, -0.05) is 31.2 Å².